The Hall–Kier alpha value is -3.08. The number of rotatable bonds is 4. The number of carbonyl (C=O) groups is 2. The van der Waals surface area contributed by atoms with Crippen LogP contribution in [0.1, 0.15) is 10.4 Å². The Morgan fingerprint density at radius 3 is 2.35 bits per heavy atom. The first-order valence-corrected chi connectivity index (χ1v) is 8.87. The highest BCUT2D eigenvalue weighted by atomic mass is 16.2. The molecular formula is C21H21N3O2. The summed E-state index contributed by atoms with van der Waals surface area (Å²) in [6, 6.07) is 18.0. The number of hydrogen-bond donors (Lipinski definition) is 0. The van der Waals surface area contributed by atoms with Crippen molar-refractivity contribution < 1.29 is 9.59 Å². The predicted molar refractivity (Wildman–Crippen MR) is 103 cm³/mol. The monoisotopic (exact) mass is 347 g/mol. The smallest absolute Gasteiger partial charge is 0.242 e. The summed E-state index contributed by atoms with van der Waals surface area (Å²) in [5.41, 5.74) is 2.75. The fourth-order valence-corrected chi connectivity index (χ4v) is 3.60. The molecule has 0 unspecified atom stereocenters. The second-order valence-corrected chi connectivity index (χ2v) is 6.55. The lowest BCUT2D eigenvalue weighted by molar-refractivity contribution is -0.132. The third-order valence-corrected chi connectivity index (χ3v) is 5.01. The molecule has 0 N–H and O–H groups in total. The van der Waals surface area contributed by atoms with Crippen LogP contribution in [0.4, 0.5) is 5.69 Å². The van der Waals surface area contributed by atoms with Crippen LogP contribution in [-0.2, 0) is 11.3 Å². The van der Waals surface area contributed by atoms with Crippen LogP contribution < -0.4 is 4.90 Å². The first-order valence-electron chi connectivity index (χ1n) is 8.87. The highest BCUT2D eigenvalue weighted by molar-refractivity contribution is 5.98. The number of fused-ring (bicyclic) bond motifs is 1. The fraction of sp³-hybridized carbons (Fsp3) is 0.238. The molecule has 1 amide bonds. The van der Waals surface area contributed by atoms with Gasteiger partial charge in [-0.15, -0.1) is 0 Å². The molecule has 2 aromatic carbocycles. The Kier molecular flexibility index (Phi) is 4.44. The first-order chi connectivity index (χ1) is 12.8. The molecule has 0 saturated carbocycles. The number of amides is 1. The van der Waals surface area contributed by atoms with Crippen molar-refractivity contribution in [2.75, 3.05) is 31.1 Å². The molecule has 1 aliphatic rings. The summed E-state index contributed by atoms with van der Waals surface area (Å²) in [4.78, 5) is 28.2. The van der Waals surface area contributed by atoms with Gasteiger partial charge in [0.05, 0.1) is 0 Å². The van der Waals surface area contributed by atoms with E-state index in [1.165, 1.54) is 5.69 Å². The maximum absolute atomic E-state index is 12.8. The van der Waals surface area contributed by atoms with Crippen molar-refractivity contribution in [1.82, 2.24) is 9.47 Å². The van der Waals surface area contributed by atoms with Crippen LogP contribution >= 0.6 is 0 Å². The van der Waals surface area contributed by atoms with Crippen LogP contribution in [0.3, 0.4) is 0 Å². The van der Waals surface area contributed by atoms with Gasteiger partial charge < -0.3 is 14.4 Å². The van der Waals surface area contributed by atoms with Crippen molar-refractivity contribution in [3.63, 3.8) is 0 Å². The molecule has 0 spiro atoms. The zero-order chi connectivity index (χ0) is 17.9. The number of nitrogens with zero attached hydrogens (tertiary/aromatic N) is 3. The van der Waals surface area contributed by atoms with E-state index in [2.05, 4.69) is 17.0 Å². The van der Waals surface area contributed by atoms with Crippen molar-refractivity contribution in [2.24, 2.45) is 0 Å². The molecule has 0 radical (unpaired) electrons. The molecule has 132 valence electrons. The van der Waals surface area contributed by atoms with E-state index in [0.717, 1.165) is 30.3 Å². The maximum Gasteiger partial charge on any atom is 0.242 e. The van der Waals surface area contributed by atoms with Crippen LogP contribution in [-0.4, -0.2) is 47.8 Å². The van der Waals surface area contributed by atoms with E-state index in [1.807, 2.05) is 51.9 Å². The lowest BCUT2D eigenvalue weighted by Gasteiger charge is -2.36. The number of para-hydroxylation sites is 2. The summed E-state index contributed by atoms with van der Waals surface area (Å²) in [7, 11) is 0. The molecule has 0 bridgehead atoms. The average molecular weight is 347 g/mol. The SMILES string of the molecule is O=Cc1cn(CC(=O)N2CCN(c3ccccc3)CC2)c2ccccc12. The van der Waals surface area contributed by atoms with E-state index in [0.29, 0.717) is 18.7 Å². The molecule has 3 aromatic rings. The van der Waals surface area contributed by atoms with Gasteiger partial charge in [-0.05, 0) is 18.2 Å². The molecule has 1 aliphatic heterocycles. The average Bonchev–Trinajstić information content (AvgIpc) is 3.06. The molecule has 5 nitrogen and oxygen atoms in total. The predicted octanol–water partition coefficient (Wildman–Crippen LogP) is 2.80. The maximum atomic E-state index is 12.8. The van der Waals surface area contributed by atoms with Crippen molar-refractivity contribution >= 4 is 28.8 Å². The number of carbonyl (C=O) groups excluding carboxylic acids is 2. The molecule has 4 rings (SSSR count). The van der Waals surface area contributed by atoms with Crippen molar-refractivity contribution in [2.45, 2.75) is 6.54 Å². The highest BCUT2D eigenvalue weighted by Crippen LogP contribution is 2.21. The summed E-state index contributed by atoms with van der Waals surface area (Å²) in [5.74, 6) is 0.0934. The molecule has 26 heavy (non-hydrogen) atoms. The number of aldehydes is 1. The van der Waals surface area contributed by atoms with Crippen molar-refractivity contribution in [3.8, 4) is 0 Å². The third kappa shape index (κ3) is 3.08. The van der Waals surface area contributed by atoms with Gasteiger partial charge in [0.1, 0.15) is 6.54 Å². The second kappa shape index (κ2) is 7.04. The molecule has 0 atom stereocenters. The van der Waals surface area contributed by atoms with Crippen LogP contribution in [0.15, 0.2) is 60.8 Å². The van der Waals surface area contributed by atoms with E-state index in [4.69, 9.17) is 0 Å². The lowest BCUT2D eigenvalue weighted by Crippen LogP contribution is -2.49. The van der Waals surface area contributed by atoms with E-state index in [9.17, 15) is 9.59 Å². The lowest BCUT2D eigenvalue weighted by atomic mass is 10.2. The van der Waals surface area contributed by atoms with Gasteiger partial charge in [0.15, 0.2) is 6.29 Å². The van der Waals surface area contributed by atoms with Gasteiger partial charge in [-0.1, -0.05) is 36.4 Å². The quantitative estimate of drug-likeness (QED) is 0.682. The Balaban J connectivity index is 1.44. The van der Waals surface area contributed by atoms with Gasteiger partial charge in [0.2, 0.25) is 5.91 Å². The zero-order valence-corrected chi connectivity index (χ0v) is 14.5. The number of hydrogen-bond acceptors (Lipinski definition) is 3. The minimum atomic E-state index is 0.0934. The van der Waals surface area contributed by atoms with Gasteiger partial charge in [-0.3, -0.25) is 9.59 Å². The van der Waals surface area contributed by atoms with Gasteiger partial charge in [0.25, 0.3) is 0 Å². The van der Waals surface area contributed by atoms with Crippen LogP contribution in [0.2, 0.25) is 0 Å². The second-order valence-electron chi connectivity index (χ2n) is 6.55. The van der Waals surface area contributed by atoms with Gasteiger partial charge in [-0.2, -0.15) is 0 Å². The Morgan fingerprint density at radius 1 is 0.923 bits per heavy atom. The minimum absolute atomic E-state index is 0.0934. The summed E-state index contributed by atoms with van der Waals surface area (Å²) < 4.78 is 1.88. The number of anilines is 1. The summed E-state index contributed by atoms with van der Waals surface area (Å²) in [6.07, 6.45) is 2.62. The van der Waals surface area contributed by atoms with E-state index < -0.39 is 0 Å². The Bertz CT molecular complexity index is 925. The van der Waals surface area contributed by atoms with Gasteiger partial charge in [-0.25, -0.2) is 0 Å². The topological polar surface area (TPSA) is 45.6 Å². The van der Waals surface area contributed by atoms with Gasteiger partial charge >= 0.3 is 0 Å². The standard InChI is InChI=1S/C21H21N3O2/c25-16-17-14-24(20-9-5-4-8-19(17)20)15-21(26)23-12-10-22(11-13-23)18-6-2-1-3-7-18/h1-9,14,16H,10-13,15H2. The normalized spacial score (nSPS) is 14.6. The Morgan fingerprint density at radius 2 is 1.62 bits per heavy atom. The van der Waals surface area contributed by atoms with Crippen LogP contribution in [0, 0.1) is 0 Å². The summed E-state index contributed by atoms with van der Waals surface area (Å²) in [5, 5.41) is 0.893. The van der Waals surface area contributed by atoms with Crippen molar-refractivity contribution in [1.29, 1.82) is 0 Å². The Labute approximate surface area is 152 Å². The molecule has 1 fully saturated rings. The number of piperazine rings is 1. The van der Waals surface area contributed by atoms with E-state index in [-0.39, 0.29) is 12.5 Å². The summed E-state index contributed by atoms with van der Waals surface area (Å²) >= 11 is 0. The molecule has 1 saturated heterocycles. The molecule has 5 heteroatoms. The zero-order valence-electron chi connectivity index (χ0n) is 14.5. The largest absolute Gasteiger partial charge is 0.368 e. The molecular weight excluding hydrogens is 326 g/mol. The van der Waals surface area contributed by atoms with E-state index >= 15 is 0 Å². The number of aromatic nitrogens is 1. The summed E-state index contributed by atoms with van der Waals surface area (Å²) in [6.45, 7) is 3.37. The van der Waals surface area contributed by atoms with Gasteiger partial charge in [0, 0.05) is 54.5 Å². The highest BCUT2D eigenvalue weighted by Gasteiger charge is 2.22. The van der Waals surface area contributed by atoms with Crippen LogP contribution in [0.25, 0.3) is 10.9 Å². The van der Waals surface area contributed by atoms with E-state index in [1.54, 1.807) is 6.20 Å². The van der Waals surface area contributed by atoms with Crippen molar-refractivity contribution in [3.05, 3.63) is 66.4 Å². The molecule has 0 aliphatic carbocycles. The first kappa shape index (κ1) is 16.4. The fourth-order valence-electron chi connectivity index (χ4n) is 3.60. The van der Waals surface area contributed by atoms with Crippen LogP contribution in [0.5, 0.6) is 0 Å². The molecule has 2 heterocycles. The number of benzene rings is 2. The minimum Gasteiger partial charge on any atom is -0.368 e. The third-order valence-electron chi connectivity index (χ3n) is 5.01. The molecule has 1 aromatic heterocycles.